The van der Waals surface area contributed by atoms with Gasteiger partial charge < -0.3 is 14.4 Å². The van der Waals surface area contributed by atoms with E-state index >= 15 is 0 Å². The van der Waals surface area contributed by atoms with Gasteiger partial charge in [-0.25, -0.2) is 18.1 Å². The van der Waals surface area contributed by atoms with E-state index in [4.69, 9.17) is 14.5 Å². The molecule has 1 saturated heterocycles. The van der Waals surface area contributed by atoms with Crippen LogP contribution in [0.4, 0.5) is 5.13 Å². The summed E-state index contributed by atoms with van der Waals surface area (Å²) in [4.78, 5) is 9.45. The average molecular weight is 504 g/mol. The second-order valence-corrected chi connectivity index (χ2v) is 10.4. The van der Waals surface area contributed by atoms with Gasteiger partial charge in [-0.2, -0.15) is 4.37 Å². The Morgan fingerprint density at radius 2 is 1.74 bits per heavy atom. The van der Waals surface area contributed by atoms with Gasteiger partial charge in [0, 0.05) is 57.2 Å². The zero-order chi connectivity index (χ0) is 24.0. The Morgan fingerprint density at radius 1 is 1.00 bits per heavy atom. The minimum absolute atomic E-state index is 0.235. The summed E-state index contributed by atoms with van der Waals surface area (Å²) in [5.74, 6) is 2.26. The minimum atomic E-state index is -3.53. The maximum atomic E-state index is 12.5. The first-order valence-electron chi connectivity index (χ1n) is 11.0. The van der Waals surface area contributed by atoms with Gasteiger partial charge in [0.15, 0.2) is 0 Å². The molecular weight excluding hydrogens is 474 g/mol. The molecule has 4 rings (SSSR count). The number of anilines is 1. The second kappa shape index (κ2) is 11.1. The molecule has 0 aliphatic carbocycles. The molecule has 3 aromatic rings. The van der Waals surface area contributed by atoms with Crippen molar-refractivity contribution in [3.05, 3.63) is 59.9 Å². The number of ether oxygens (including phenoxy) is 2. The van der Waals surface area contributed by atoms with Gasteiger partial charge in [-0.05, 0) is 42.0 Å². The largest absolute Gasteiger partial charge is 0.497 e. The van der Waals surface area contributed by atoms with Crippen molar-refractivity contribution >= 4 is 26.7 Å². The summed E-state index contributed by atoms with van der Waals surface area (Å²) in [5.41, 5.74) is 1.12. The standard InChI is InChI=1S/C23H29N5O4S2/c1-31-19-6-8-21(9-7-19)34(29,30)24-10-11-27-12-14-28(15-13-27)23-25-22(26-33-23)17-18-4-3-5-20(16-18)32-2/h3-9,16,24H,10-15,17H2,1-2H3. The van der Waals surface area contributed by atoms with Gasteiger partial charge in [0.25, 0.3) is 0 Å². The Hall–Kier alpha value is -2.73. The predicted octanol–water partition coefficient (Wildman–Crippen LogP) is 2.25. The van der Waals surface area contributed by atoms with Crippen molar-refractivity contribution in [1.29, 1.82) is 0 Å². The molecule has 1 aliphatic heterocycles. The molecule has 0 saturated carbocycles. The Bertz CT molecular complexity index is 1180. The summed E-state index contributed by atoms with van der Waals surface area (Å²) in [6, 6.07) is 14.3. The molecule has 0 bridgehead atoms. The van der Waals surface area contributed by atoms with Crippen LogP contribution in [0.25, 0.3) is 0 Å². The summed E-state index contributed by atoms with van der Waals surface area (Å²) in [5, 5.41) is 0.928. The van der Waals surface area contributed by atoms with Crippen molar-refractivity contribution in [2.45, 2.75) is 11.3 Å². The van der Waals surface area contributed by atoms with Crippen LogP contribution in [0.15, 0.2) is 53.4 Å². The second-order valence-electron chi connectivity index (χ2n) is 7.92. The number of nitrogens with zero attached hydrogens (tertiary/aromatic N) is 4. The van der Waals surface area contributed by atoms with Gasteiger partial charge in [-0.15, -0.1) is 0 Å². The monoisotopic (exact) mass is 503 g/mol. The molecule has 182 valence electrons. The van der Waals surface area contributed by atoms with Crippen molar-refractivity contribution < 1.29 is 17.9 Å². The van der Waals surface area contributed by atoms with Crippen LogP contribution in [-0.2, 0) is 16.4 Å². The average Bonchev–Trinajstić information content (AvgIpc) is 3.33. The van der Waals surface area contributed by atoms with Gasteiger partial charge in [0.1, 0.15) is 17.3 Å². The summed E-state index contributed by atoms with van der Waals surface area (Å²) in [6.07, 6.45) is 0.669. The highest BCUT2D eigenvalue weighted by molar-refractivity contribution is 7.89. The highest BCUT2D eigenvalue weighted by atomic mass is 32.2. The normalized spacial score (nSPS) is 14.8. The molecule has 0 spiro atoms. The third-order valence-electron chi connectivity index (χ3n) is 5.69. The molecular formula is C23H29N5O4S2. The Kier molecular flexibility index (Phi) is 7.99. The smallest absolute Gasteiger partial charge is 0.240 e. The number of piperazine rings is 1. The lowest BCUT2D eigenvalue weighted by Gasteiger charge is -2.34. The van der Waals surface area contributed by atoms with Gasteiger partial charge in [-0.3, -0.25) is 4.90 Å². The van der Waals surface area contributed by atoms with Crippen molar-refractivity contribution in [3.63, 3.8) is 0 Å². The van der Waals surface area contributed by atoms with Crippen molar-refractivity contribution in [3.8, 4) is 11.5 Å². The van der Waals surface area contributed by atoms with Crippen LogP contribution in [0.1, 0.15) is 11.4 Å². The fourth-order valence-corrected chi connectivity index (χ4v) is 5.51. The summed E-state index contributed by atoms with van der Waals surface area (Å²) in [7, 11) is -0.325. The molecule has 1 aliphatic rings. The summed E-state index contributed by atoms with van der Waals surface area (Å²) < 4.78 is 42.5. The number of sulfonamides is 1. The van der Waals surface area contributed by atoms with E-state index in [0.717, 1.165) is 48.4 Å². The van der Waals surface area contributed by atoms with Crippen LogP contribution in [-0.4, -0.2) is 76.2 Å². The highest BCUT2D eigenvalue weighted by Gasteiger charge is 2.21. The third-order valence-corrected chi connectivity index (χ3v) is 7.98. The first-order valence-corrected chi connectivity index (χ1v) is 13.3. The number of methoxy groups -OCH3 is 2. The van der Waals surface area contributed by atoms with Crippen LogP contribution < -0.4 is 19.1 Å². The third kappa shape index (κ3) is 6.23. The van der Waals surface area contributed by atoms with Gasteiger partial charge in [0.05, 0.1) is 19.1 Å². The van der Waals surface area contributed by atoms with E-state index in [-0.39, 0.29) is 4.90 Å². The molecule has 1 aromatic heterocycles. The minimum Gasteiger partial charge on any atom is -0.497 e. The SMILES string of the molecule is COc1ccc(S(=O)(=O)NCCN2CCN(c3nc(Cc4cccc(OC)c4)ns3)CC2)cc1. The van der Waals surface area contributed by atoms with E-state index in [1.54, 1.807) is 38.5 Å². The molecule has 9 nitrogen and oxygen atoms in total. The number of hydrogen-bond acceptors (Lipinski definition) is 9. The van der Waals surface area contributed by atoms with Crippen LogP contribution in [0.3, 0.4) is 0 Å². The fraction of sp³-hybridized carbons (Fsp3) is 0.391. The molecule has 0 unspecified atom stereocenters. The van der Waals surface area contributed by atoms with Crippen LogP contribution in [0, 0.1) is 0 Å². The molecule has 1 fully saturated rings. The number of rotatable bonds is 10. The highest BCUT2D eigenvalue weighted by Crippen LogP contribution is 2.22. The number of aromatic nitrogens is 2. The lowest BCUT2D eigenvalue weighted by Crippen LogP contribution is -2.48. The van der Waals surface area contributed by atoms with Crippen LogP contribution in [0.2, 0.25) is 0 Å². The molecule has 2 aromatic carbocycles. The van der Waals surface area contributed by atoms with Crippen LogP contribution in [0.5, 0.6) is 11.5 Å². The topological polar surface area (TPSA) is 96.9 Å². The maximum Gasteiger partial charge on any atom is 0.240 e. The van der Waals surface area contributed by atoms with Crippen molar-refractivity contribution in [2.24, 2.45) is 0 Å². The van der Waals surface area contributed by atoms with Crippen molar-refractivity contribution in [2.75, 3.05) is 58.4 Å². The first kappa shape index (κ1) is 24.4. The van der Waals surface area contributed by atoms with Crippen molar-refractivity contribution in [1.82, 2.24) is 19.0 Å². The molecule has 0 radical (unpaired) electrons. The van der Waals surface area contributed by atoms with E-state index < -0.39 is 10.0 Å². The van der Waals surface area contributed by atoms with E-state index in [9.17, 15) is 8.42 Å². The van der Waals surface area contributed by atoms with Gasteiger partial charge in [-0.1, -0.05) is 12.1 Å². The zero-order valence-corrected chi connectivity index (χ0v) is 20.9. The molecule has 1 N–H and O–H groups in total. The zero-order valence-electron chi connectivity index (χ0n) is 19.3. The molecule has 0 atom stereocenters. The van der Waals surface area contributed by atoms with Gasteiger partial charge >= 0.3 is 0 Å². The summed E-state index contributed by atoms with van der Waals surface area (Å²) in [6.45, 7) is 4.36. The first-order chi connectivity index (χ1) is 16.5. The predicted molar refractivity (Wildman–Crippen MR) is 133 cm³/mol. The Labute approximate surface area is 204 Å². The molecule has 0 amide bonds. The lowest BCUT2D eigenvalue weighted by atomic mass is 10.1. The fourth-order valence-electron chi connectivity index (χ4n) is 3.75. The van der Waals surface area contributed by atoms with E-state index in [0.29, 0.717) is 25.3 Å². The number of benzene rings is 2. The van der Waals surface area contributed by atoms with E-state index in [1.807, 2.05) is 24.3 Å². The van der Waals surface area contributed by atoms with E-state index in [2.05, 4.69) is 18.9 Å². The Balaban J connectivity index is 1.23. The quantitative estimate of drug-likeness (QED) is 0.450. The maximum absolute atomic E-state index is 12.5. The molecule has 11 heteroatoms. The summed E-state index contributed by atoms with van der Waals surface area (Å²) >= 11 is 1.42. The molecule has 34 heavy (non-hydrogen) atoms. The van der Waals surface area contributed by atoms with Crippen LogP contribution >= 0.6 is 11.5 Å². The number of hydrogen-bond donors (Lipinski definition) is 1. The van der Waals surface area contributed by atoms with E-state index in [1.165, 1.54) is 11.5 Å². The Morgan fingerprint density at radius 3 is 2.44 bits per heavy atom. The molecule has 2 heterocycles. The number of nitrogens with one attached hydrogen (secondary N) is 1. The van der Waals surface area contributed by atoms with Gasteiger partial charge in [0.2, 0.25) is 15.2 Å². The lowest BCUT2D eigenvalue weighted by molar-refractivity contribution is 0.262.